The summed E-state index contributed by atoms with van der Waals surface area (Å²) in [6.45, 7) is 0.888. The van der Waals surface area contributed by atoms with E-state index in [1.165, 1.54) is 0 Å². The Balaban J connectivity index is 1.50. The molecule has 1 atom stereocenters. The molecule has 0 aliphatic carbocycles. The van der Waals surface area contributed by atoms with Gasteiger partial charge in [0.25, 0.3) is 5.91 Å². The number of nitrogens with zero attached hydrogens (tertiary/aromatic N) is 1. The highest BCUT2D eigenvalue weighted by Crippen LogP contribution is 2.35. The number of carbonyl (C=O) groups is 2. The SMILES string of the molecule is O=C(C[C@H](c1cccs1)N1Cc2ccccc2C1=O)NCc1ccccc1Cl. The molecule has 0 spiro atoms. The van der Waals surface area contributed by atoms with Gasteiger partial charge < -0.3 is 10.2 Å². The number of thiophene rings is 1. The summed E-state index contributed by atoms with van der Waals surface area (Å²) in [7, 11) is 0. The molecule has 4 rings (SSSR count). The van der Waals surface area contributed by atoms with Crippen LogP contribution in [0.25, 0.3) is 0 Å². The normalized spacial score (nSPS) is 14.0. The molecule has 2 aromatic carbocycles. The van der Waals surface area contributed by atoms with E-state index >= 15 is 0 Å². The van der Waals surface area contributed by atoms with Gasteiger partial charge >= 0.3 is 0 Å². The average molecular weight is 411 g/mol. The van der Waals surface area contributed by atoms with E-state index in [1.54, 1.807) is 22.3 Å². The number of fused-ring (bicyclic) bond motifs is 1. The Labute approximate surface area is 172 Å². The van der Waals surface area contributed by atoms with E-state index in [2.05, 4.69) is 5.32 Å². The van der Waals surface area contributed by atoms with Crippen molar-refractivity contribution in [3.05, 3.63) is 92.6 Å². The topological polar surface area (TPSA) is 49.4 Å². The third-order valence-corrected chi connectivity index (χ3v) is 6.25. The second-order valence-electron chi connectivity index (χ2n) is 6.69. The Morgan fingerprint density at radius 1 is 1.11 bits per heavy atom. The van der Waals surface area contributed by atoms with Crippen molar-refractivity contribution in [3.8, 4) is 0 Å². The summed E-state index contributed by atoms with van der Waals surface area (Å²) in [6, 6.07) is 18.7. The lowest BCUT2D eigenvalue weighted by molar-refractivity contribution is -0.122. The van der Waals surface area contributed by atoms with E-state index in [4.69, 9.17) is 11.6 Å². The van der Waals surface area contributed by atoms with Crippen LogP contribution in [0.2, 0.25) is 5.02 Å². The van der Waals surface area contributed by atoms with Gasteiger partial charge in [-0.1, -0.05) is 54.1 Å². The molecule has 28 heavy (non-hydrogen) atoms. The summed E-state index contributed by atoms with van der Waals surface area (Å²) < 4.78 is 0. The molecule has 0 unspecified atom stereocenters. The Hall–Kier alpha value is -2.63. The monoisotopic (exact) mass is 410 g/mol. The second kappa shape index (κ2) is 8.17. The van der Waals surface area contributed by atoms with Crippen molar-refractivity contribution in [1.82, 2.24) is 10.2 Å². The van der Waals surface area contributed by atoms with Crippen LogP contribution < -0.4 is 5.32 Å². The van der Waals surface area contributed by atoms with Crippen LogP contribution in [-0.4, -0.2) is 16.7 Å². The zero-order valence-electron chi connectivity index (χ0n) is 15.1. The molecule has 1 aromatic heterocycles. The number of hydrogen-bond acceptors (Lipinski definition) is 3. The highest BCUT2D eigenvalue weighted by molar-refractivity contribution is 7.10. The van der Waals surface area contributed by atoms with Crippen LogP contribution in [0.5, 0.6) is 0 Å². The highest BCUT2D eigenvalue weighted by atomic mass is 35.5. The third kappa shape index (κ3) is 3.81. The minimum absolute atomic E-state index is 0.0205. The van der Waals surface area contributed by atoms with Crippen molar-refractivity contribution in [3.63, 3.8) is 0 Å². The van der Waals surface area contributed by atoms with Crippen molar-refractivity contribution in [1.29, 1.82) is 0 Å². The summed E-state index contributed by atoms with van der Waals surface area (Å²) in [5, 5.41) is 5.53. The van der Waals surface area contributed by atoms with E-state index in [0.29, 0.717) is 18.1 Å². The molecule has 6 heteroatoms. The van der Waals surface area contributed by atoms with Crippen LogP contribution >= 0.6 is 22.9 Å². The molecule has 0 radical (unpaired) electrons. The predicted octanol–water partition coefficient (Wildman–Crippen LogP) is 4.81. The van der Waals surface area contributed by atoms with Gasteiger partial charge in [0.05, 0.1) is 12.5 Å². The Morgan fingerprint density at radius 2 is 1.89 bits per heavy atom. The summed E-state index contributed by atoms with van der Waals surface area (Å²) in [4.78, 5) is 28.4. The summed E-state index contributed by atoms with van der Waals surface area (Å²) in [5.74, 6) is -0.130. The smallest absolute Gasteiger partial charge is 0.255 e. The van der Waals surface area contributed by atoms with E-state index in [9.17, 15) is 9.59 Å². The second-order valence-corrected chi connectivity index (χ2v) is 8.08. The van der Waals surface area contributed by atoms with Crippen LogP contribution in [0.3, 0.4) is 0 Å². The van der Waals surface area contributed by atoms with Crippen molar-refractivity contribution < 1.29 is 9.59 Å². The lowest BCUT2D eigenvalue weighted by Crippen LogP contribution is -2.33. The van der Waals surface area contributed by atoms with Gasteiger partial charge in [-0.2, -0.15) is 0 Å². The van der Waals surface area contributed by atoms with Crippen molar-refractivity contribution in [2.45, 2.75) is 25.6 Å². The fraction of sp³-hybridized carbons (Fsp3) is 0.182. The summed E-state index contributed by atoms with van der Waals surface area (Å²) in [5.41, 5.74) is 2.60. The van der Waals surface area contributed by atoms with Crippen LogP contribution in [0.1, 0.15) is 38.8 Å². The van der Waals surface area contributed by atoms with Crippen LogP contribution in [0.15, 0.2) is 66.0 Å². The molecule has 142 valence electrons. The van der Waals surface area contributed by atoms with E-state index in [-0.39, 0.29) is 24.3 Å². The first-order chi connectivity index (χ1) is 13.6. The molecule has 3 aromatic rings. The van der Waals surface area contributed by atoms with Crippen LogP contribution in [0, 0.1) is 0 Å². The molecule has 1 aliphatic rings. The Morgan fingerprint density at radius 3 is 2.64 bits per heavy atom. The number of nitrogens with one attached hydrogen (secondary N) is 1. The molecular weight excluding hydrogens is 392 g/mol. The number of hydrogen-bond donors (Lipinski definition) is 1. The largest absolute Gasteiger partial charge is 0.352 e. The molecule has 2 heterocycles. The summed E-state index contributed by atoms with van der Waals surface area (Å²) in [6.07, 6.45) is 0.213. The molecule has 1 N–H and O–H groups in total. The molecule has 2 amide bonds. The quantitative estimate of drug-likeness (QED) is 0.634. The first-order valence-corrected chi connectivity index (χ1v) is 10.3. The van der Waals surface area contributed by atoms with E-state index in [1.807, 2.05) is 60.0 Å². The molecule has 0 bridgehead atoms. The fourth-order valence-electron chi connectivity index (χ4n) is 3.46. The van der Waals surface area contributed by atoms with Crippen molar-refractivity contribution in [2.75, 3.05) is 0 Å². The number of benzene rings is 2. The average Bonchev–Trinajstić information content (AvgIpc) is 3.34. The lowest BCUT2D eigenvalue weighted by atomic mass is 10.1. The molecule has 0 saturated carbocycles. The molecule has 0 fully saturated rings. The number of amides is 2. The lowest BCUT2D eigenvalue weighted by Gasteiger charge is -2.26. The van der Waals surface area contributed by atoms with E-state index < -0.39 is 0 Å². The number of carbonyl (C=O) groups excluding carboxylic acids is 2. The molecule has 4 nitrogen and oxygen atoms in total. The van der Waals surface area contributed by atoms with Crippen molar-refractivity contribution >= 4 is 34.8 Å². The van der Waals surface area contributed by atoms with Gasteiger partial charge in [0.1, 0.15) is 0 Å². The highest BCUT2D eigenvalue weighted by Gasteiger charge is 2.34. The first-order valence-electron chi connectivity index (χ1n) is 9.06. The third-order valence-electron chi connectivity index (χ3n) is 4.91. The Bertz CT molecular complexity index is 1000. The van der Waals surface area contributed by atoms with Gasteiger partial charge in [0, 0.05) is 28.6 Å². The van der Waals surface area contributed by atoms with Crippen molar-refractivity contribution in [2.24, 2.45) is 0 Å². The van der Waals surface area contributed by atoms with Gasteiger partial charge in [0.2, 0.25) is 5.91 Å². The van der Waals surface area contributed by atoms with Crippen LogP contribution in [0.4, 0.5) is 0 Å². The summed E-state index contributed by atoms with van der Waals surface area (Å²) >= 11 is 7.73. The van der Waals surface area contributed by atoms with Crippen LogP contribution in [-0.2, 0) is 17.9 Å². The maximum Gasteiger partial charge on any atom is 0.255 e. The minimum Gasteiger partial charge on any atom is -0.352 e. The number of rotatable bonds is 6. The molecular formula is C22H19ClN2O2S. The Kier molecular flexibility index (Phi) is 5.46. The number of halogens is 1. The molecule has 1 aliphatic heterocycles. The maximum atomic E-state index is 12.9. The predicted molar refractivity (Wildman–Crippen MR) is 111 cm³/mol. The fourth-order valence-corrected chi connectivity index (χ4v) is 4.50. The van der Waals surface area contributed by atoms with Gasteiger partial charge in [-0.25, -0.2) is 0 Å². The zero-order chi connectivity index (χ0) is 19.5. The maximum absolute atomic E-state index is 12.9. The zero-order valence-corrected chi connectivity index (χ0v) is 16.7. The van der Waals surface area contributed by atoms with Gasteiger partial charge in [-0.05, 0) is 34.7 Å². The van der Waals surface area contributed by atoms with Gasteiger partial charge in [-0.3, -0.25) is 9.59 Å². The first kappa shape index (κ1) is 18.7. The van der Waals surface area contributed by atoms with E-state index in [0.717, 1.165) is 21.6 Å². The van der Waals surface area contributed by atoms with Gasteiger partial charge in [-0.15, -0.1) is 11.3 Å². The van der Waals surface area contributed by atoms with Gasteiger partial charge in [0.15, 0.2) is 0 Å². The minimum atomic E-state index is -0.286. The standard InChI is InChI=1S/C22H19ClN2O2S/c23-18-9-4-2-6-15(18)13-24-21(26)12-19(20-10-5-11-28-20)25-14-16-7-1-3-8-17(16)22(25)27/h1-11,19H,12-14H2,(H,24,26)/t19-/m1/s1. The molecule has 0 saturated heterocycles.